The summed E-state index contributed by atoms with van der Waals surface area (Å²) in [4.78, 5) is 18.0. The van der Waals surface area contributed by atoms with Gasteiger partial charge in [0.15, 0.2) is 0 Å². The number of aromatic nitrogens is 1. The van der Waals surface area contributed by atoms with E-state index in [1.807, 2.05) is 6.07 Å². The summed E-state index contributed by atoms with van der Waals surface area (Å²) in [7, 11) is 0. The molecule has 4 nitrogen and oxygen atoms in total. The Labute approximate surface area is 145 Å². The van der Waals surface area contributed by atoms with Crippen molar-refractivity contribution in [2.45, 2.75) is 30.3 Å². The maximum atomic E-state index is 12.5. The van der Waals surface area contributed by atoms with Gasteiger partial charge in [-0.15, -0.1) is 0 Å². The van der Waals surface area contributed by atoms with Crippen molar-refractivity contribution in [2.75, 3.05) is 0 Å². The average Bonchev–Trinajstić information content (AvgIpc) is 3.10. The largest absolute Gasteiger partial charge is 0.467 e. The van der Waals surface area contributed by atoms with Crippen LogP contribution in [0.3, 0.4) is 0 Å². The molecular weight excluding hydrogens is 320 g/mol. The van der Waals surface area contributed by atoms with E-state index in [-0.39, 0.29) is 5.91 Å². The fourth-order valence-electron chi connectivity index (χ4n) is 2.24. The lowest BCUT2D eigenvalue weighted by atomic mass is 10.2. The minimum atomic E-state index is -0.160. The Hall–Kier alpha value is -2.53. The Balaban J connectivity index is 1.79. The summed E-state index contributed by atoms with van der Waals surface area (Å²) in [6.07, 6.45) is 3.30. The molecule has 0 aliphatic carbocycles. The molecule has 3 rings (SSSR count). The molecule has 5 heteroatoms. The lowest BCUT2D eigenvalue weighted by Gasteiger charge is -2.10. The van der Waals surface area contributed by atoms with Gasteiger partial charge in [0.25, 0.3) is 5.91 Å². The van der Waals surface area contributed by atoms with Crippen molar-refractivity contribution in [3.63, 3.8) is 0 Å². The molecule has 0 aliphatic heterocycles. The second kappa shape index (κ2) is 7.36. The Morgan fingerprint density at radius 2 is 2.08 bits per heavy atom. The third-order valence-corrected chi connectivity index (χ3v) is 4.75. The average molecular weight is 338 g/mol. The molecule has 3 aromatic rings. The van der Waals surface area contributed by atoms with Crippen LogP contribution in [0.4, 0.5) is 0 Å². The zero-order valence-electron chi connectivity index (χ0n) is 13.6. The summed E-state index contributed by atoms with van der Waals surface area (Å²) in [5, 5.41) is 3.56. The van der Waals surface area contributed by atoms with Crippen LogP contribution in [0.25, 0.3) is 0 Å². The molecule has 0 spiro atoms. The number of pyridine rings is 1. The predicted molar refractivity (Wildman–Crippen MR) is 94.2 cm³/mol. The van der Waals surface area contributed by atoms with E-state index < -0.39 is 0 Å². The van der Waals surface area contributed by atoms with E-state index in [0.29, 0.717) is 17.1 Å². The summed E-state index contributed by atoms with van der Waals surface area (Å²) < 4.78 is 5.24. The van der Waals surface area contributed by atoms with Crippen LogP contribution >= 0.6 is 11.8 Å². The minimum absolute atomic E-state index is 0.160. The number of rotatable bonds is 5. The van der Waals surface area contributed by atoms with Crippen molar-refractivity contribution in [1.82, 2.24) is 10.3 Å². The van der Waals surface area contributed by atoms with Crippen LogP contribution in [0, 0.1) is 13.8 Å². The van der Waals surface area contributed by atoms with Crippen LogP contribution in [-0.4, -0.2) is 10.9 Å². The van der Waals surface area contributed by atoms with Gasteiger partial charge in [0, 0.05) is 11.1 Å². The van der Waals surface area contributed by atoms with Crippen LogP contribution in [-0.2, 0) is 6.54 Å². The van der Waals surface area contributed by atoms with Gasteiger partial charge in [0.1, 0.15) is 10.8 Å². The standard InChI is InChI=1S/C19H18N2O2S/c1-13-7-8-14(2)17(11-13)24-19-16(6-3-9-20-19)18(22)21-12-15-5-4-10-23-15/h3-11H,12H2,1-2H3,(H,21,22). The highest BCUT2D eigenvalue weighted by Gasteiger charge is 2.14. The van der Waals surface area contributed by atoms with E-state index in [2.05, 4.69) is 42.3 Å². The molecular formula is C19H18N2O2S. The van der Waals surface area contributed by atoms with Crippen LogP contribution in [0.1, 0.15) is 27.2 Å². The van der Waals surface area contributed by atoms with Crippen molar-refractivity contribution in [3.05, 3.63) is 77.4 Å². The Morgan fingerprint density at radius 3 is 2.88 bits per heavy atom. The van der Waals surface area contributed by atoms with Gasteiger partial charge < -0.3 is 9.73 Å². The number of benzene rings is 1. The van der Waals surface area contributed by atoms with Crippen LogP contribution in [0.2, 0.25) is 0 Å². The fraction of sp³-hybridized carbons (Fsp3) is 0.158. The van der Waals surface area contributed by atoms with E-state index in [4.69, 9.17) is 4.42 Å². The second-order valence-corrected chi connectivity index (χ2v) is 6.52. The molecule has 2 aromatic heterocycles. The number of carbonyl (C=O) groups excluding carboxylic acids is 1. The number of carbonyl (C=O) groups is 1. The van der Waals surface area contributed by atoms with Crippen LogP contribution in [0.15, 0.2) is 69.3 Å². The van der Waals surface area contributed by atoms with Crippen molar-refractivity contribution in [2.24, 2.45) is 0 Å². The zero-order valence-corrected chi connectivity index (χ0v) is 14.4. The SMILES string of the molecule is Cc1ccc(C)c(Sc2ncccc2C(=O)NCc2ccco2)c1. The van der Waals surface area contributed by atoms with Crippen molar-refractivity contribution in [1.29, 1.82) is 0 Å². The van der Waals surface area contributed by atoms with Gasteiger partial charge in [-0.3, -0.25) is 4.79 Å². The van der Waals surface area contributed by atoms with E-state index >= 15 is 0 Å². The lowest BCUT2D eigenvalue weighted by molar-refractivity contribution is 0.0944. The normalized spacial score (nSPS) is 10.6. The first-order valence-electron chi connectivity index (χ1n) is 7.64. The third kappa shape index (κ3) is 3.86. The molecule has 0 saturated heterocycles. The molecule has 1 aromatic carbocycles. The molecule has 0 radical (unpaired) electrons. The highest BCUT2D eigenvalue weighted by molar-refractivity contribution is 7.99. The second-order valence-electron chi connectivity index (χ2n) is 5.49. The van der Waals surface area contributed by atoms with Gasteiger partial charge in [-0.1, -0.05) is 23.9 Å². The molecule has 0 unspecified atom stereocenters. The van der Waals surface area contributed by atoms with E-state index in [1.54, 1.807) is 30.7 Å². The first kappa shape index (κ1) is 16.3. The van der Waals surface area contributed by atoms with Gasteiger partial charge >= 0.3 is 0 Å². The van der Waals surface area contributed by atoms with Crippen molar-refractivity contribution in [3.8, 4) is 0 Å². The maximum Gasteiger partial charge on any atom is 0.254 e. The van der Waals surface area contributed by atoms with E-state index in [0.717, 1.165) is 16.2 Å². The monoisotopic (exact) mass is 338 g/mol. The Kier molecular flexibility index (Phi) is 5.01. The molecule has 0 aliphatic rings. The summed E-state index contributed by atoms with van der Waals surface area (Å²) in [6, 6.07) is 13.5. The van der Waals surface area contributed by atoms with Crippen LogP contribution in [0.5, 0.6) is 0 Å². The molecule has 0 atom stereocenters. The highest BCUT2D eigenvalue weighted by Crippen LogP contribution is 2.31. The molecule has 24 heavy (non-hydrogen) atoms. The van der Waals surface area contributed by atoms with E-state index in [9.17, 15) is 4.79 Å². The van der Waals surface area contributed by atoms with Gasteiger partial charge in [0.2, 0.25) is 0 Å². The van der Waals surface area contributed by atoms with Crippen LogP contribution < -0.4 is 5.32 Å². The molecule has 0 fully saturated rings. The van der Waals surface area contributed by atoms with Gasteiger partial charge in [-0.2, -0.15) is 0 Å². The molecule has 0 saturated carbocycles. The number of aryl methyl sites for hydroxylation is 2. The summed E-state index contributed by atoms with van der Waals surface area (Å²) in [5.74, 6) is 0.559. The molecule has 0 bridgehead atoms. The number of furan rings is 1. The predicted octanol–water partition coefficient (Wildman–Crippen LogP) is 4.37. The number of amides is 1. The number of hydrogen-bond donors (Lipinski definition) is 1. The summed E-state index contributed by atoms with van der Waals surface area (Å²) in [6.45, 7) is 4.47. The smallest absolute Gasteiger partial charge is 0.254 e. The third-order valence-electron chi connectivity index (χ3n) is 3.57. The zero-order chi connectivity index (χ0) is 16.9. The number of hydrogen-bond acceptors (Lipinski definition) is 4. The summed E-state index contributed by atoms with van der Waals surface area (Å²) in [5.41, 5.74) is 2.91. The quantitative estimate of drug-likeness (QED) is 0.750. The maximum absolute atomic E-state index is 12.5. The Bertz CT molecular complexity index is 844. The molecule has 1 amide bonds. The van der Waals surface area contributed by atoms with Crippen molar-refractivity contribution < 1.29 is 9.21 Å². The number of nitrogens with zero attached hydrogens (tertiary/aromatic N) is 1. The van der Waals surface area contributed by atoms with E-state index in [1.165, 1.54) is 17.3 Å². The van der Waals surface area contributed by atoms with Gasteiger partial charge in [-0.05, 0) is 55.3 Å². The van der Waals surface area contributed by atoms with Crippen molar-refractivity contribution >= 4 is 17.7 Å². The first-order valence-corrected chi connectivity index (χ1v) is 8.46. The number of nitrogens with one attached hydrogen (secondary N) is 1. The highest BCUT2D eigenvalue weighted by atomic mass is 32.2. The molecule has 122 valence electrons. The van der Waals surface area contributed by atoms with Gasteiger partial charge in [-0.25, -0.2) is 4.98 Å². The lowest BCUT2D eigenvalue weighted by Crippen LogP contribution is -2.23. The first-order chi connectivity index (χ1) is 11.6. The topological polar surface area (TPSA) is 55.1 Å². The fourth-order valence-corrected chi connectivity index (χ4v) is 3.31. The summed E-state index contributed by atoms with van der Waals surface area (Å²) >= 11 is 1.51. The van der Waals surface area contributed by atoms with Gasteiger partial charge in [0.05, 0.1) is 18.4 Å². The minimum Gasteiger partial charge on any atom is -0.467 e. The molecule has 2 heterocycles. The Morgan fingerprint density at radius 1 is 1.21 bits per heavy atom. The molecule has 1 N–H and O–H groups in total.